The largest absolute Gasteiger partial charge is 0.309 e. The molecular formula is C41H25N3. The van der Waals surface area contributed by atoms with Crippen LogP contribution in [0.5, 0.6) is 0 Å². The third-order valence-corrected chi connectivity index (χ3v) is 9.30. The van der Waals surface area contributed by atoms with E-state index in [9.17, 15) is 0 Å². The summed E-state index contributed by atoms with van der Waals surface area (Å²) in [6.45, 7) is 0. The van der Waals surface area contributed by atoms with Crippen LogP contribution in [-0.4, -0.2) is 14.1 Å². The smallest absolute Gasteiger partial charge is 0.0786 e. The van der Waals surface area contributed by atoms with E-state index < -0.39 is 0 Å². The Morgan fingerprint density at radius 2 is 0.773 bits per heavy atom. The number of rotatable bonds is 2. The summed E-state index contributed by atoms with van der Waals surface area (Å²) in [5.74, 6) is 0. The minimum Gasteiger partial charge on any atom is -0.309 e. The summed E-state index contributed by atoms with van der Waals surface area (Å²) in [6.07, 6.45) is 1.92. The van der Waals surface area contributed by atoms with Crippen LogP contribution in [-0.2, 0) is 0 Å². The molecule has 10 aromatic rings. The van der Waals surface area contributed by atoms with Gasteiger partial charge in [0.05, 0.1) is 27.6 Å². The summed E-state index contributed by atoms with van der Waals surface area (Å²) >= 11 is 0. The molecular weight excluding hydrogens is 534 g/mol. The second-order valence-electron chi connectivity index (χ2n) is 11.6. The summed E-state index contributed by atoms with van der Waals surface area (Å²) < 4.78 is 4.81. The van der Waals surface area contributed by atoms with Crippen molar-refractivity contribution in [3.63, 3.8) is 0 Å². The molecule has 44 heavy (non-hydrogen) atoms. The standard InChI is InChI=1S/C41H25N3/c1-3-12-26(13-4-1)43-37-19-9-7-16-28(37)34-22-31-30-18-11-21-42-41(30)36-23-35-29-17-8-10-20-38(29)44(27-14-5-2-6-15-27)40(35)25-33(36)32(31)24-39(34)43/h1-25H. The van der Waals surface area contributed by atoms with Crippen molar-refractivity contribution in [3.05, 3.63) is 152 Å². The highest BCUT2D eigenvalue weighted by molar-refractivity contribution is 6.30. The van der Waals surface area contributed by atoms with Crippen LogP contribution in [0.25, 0.3) is 87.4 Å². The van der Waals surface area contributed by atoms with Gasteiger partial charge < -0.3 is 9.13 Å². The number of hydrogen-bond donors (Lipinski definition) is 0. The fourth-order valence-corrected chi connectivity index (χ4v) is 7.44. The number of benzene rings is 7. The quantitative estimate of drug-likeness (QED) is 0.193. The molecule has 3 heterocycles. The van der Waals surface area contributed by atoms with Gasteiger partial charge in [0.15, 0.2) is 0 Å². The fourth-order valence-electron chi connectivity index (χ4n) is 7.44. The molecule has 0 aliphatic heterocycles. The summed E-state index contributed by atoms with van der Waals surface area (Å²) in [5, 5.41) is 11.0. The third kappa shape index (κ3) is 3.13. The van der Waals surface area contributed by atoms with Gasteiger partial charge >= 0.3 is 0 Å². The molecule has 0 aliphatic carbocycles. The maximum absolute atomic E-state index is 4.99. The molecule has 0 radical (unpaired) electrons. The Bertz CT molecular complexity index is 2560. The molecule has 0 saturated heterocycles. The number of pyridine rings is 1. The first-order valence-corrected chi connectivity index (χ1v) is 15.1. The van der Waals surface area contributed by atoms with Crippen molar-refractivity contribution in [2.24, 2.45) is 0 Å². The lowest BCUT2D eigenvalue weighted by atomic mass is 9.94. The zero-order valence-corrected chi connectivity index (χ0v) is 23.8. The van der Waals surface area contributed by atoms with Gasteiger partial charge in [0, 0.05) is 49.9 Å². The molecule has 204 valence electrons. The summed E-state index contributed by atoms with van der Waals surface area (Å²) in [7, 11) is 0. The van der Waals surface area contributed by atoms with Crippen molar-refractivity contribution < 1.29 is 0 Å². The van der Waals surface area contributed by atoms with Crippen molar-refractivity contribution in [3.8, 4) is 11.4 Å². The predicted molar refractivity (Wildman–Crippen MR) is 185 cm³/mol. The number of hydrogen-bond acceptors (Lipinski definition) is 1. The van der Waals surface area contributed by atoms with E-state index in [1.807, 2.05) is 6.20 Å². The molecule has 0 amide bonds. The van der Waals surface area contributed by atoms with Gasteiger partial charge in [-0.05, 0) is 82.9 Å². The van der Waals surface area contributed by atoms with Gasteiger partial charge in [-0.2, -0.15) is 0 Å². The van der Waals surface area contributed by atoms with E-state index in [0.29, 0.717) is 0 Å². The van der Waals surface area contributed by atoms with Crippen LogP contribution in [0.15, 0.2) is 152 Å². The second kappa shape index (κ2) is 8.79. The number of fused-ring (bicyclic) bond motifs is 12. The van der Waals surface area contributed by atoms with E-state index in [-0.39, 0.29) is 0 Å². The van der Waals surface area contributed by atoms with Crippen LogP contribution < -0.4 is 0 Å². The monoisotopic (exact) mass is 559 g/mol. The van der Waals surface area contributed by atoms with Crippen LogP contribution >= 0.6 is 0 Å². The zero-order valence-electron chi connectivity index (χ0n) is 23.8. The average Bonchev–Trinajstić information content (AvgIpc) is 3.59. The molecule has 0 spiro atoms. The first-order chi connectivity index (χ1) is 21.8. The normalized spacial score (nSPS) is 12.1. The molecule has 0 saturated carbocycles. The molecule has 7 aromatic carbocycles. The van der Waals surface area contributed by atoms with Crippen molar-refractivity contribution in [1.82, 2.24) is 14.1 Å². The minimum atomic E-state index is 1.04. The van der Waals surface area contributed by atoms with Crippen LogP contribution in [0.1, 0.15) is 0 Å². The average molecular weight is 560 g/mol. The van der Waals surface area contributed by atoms with Crippen LogP contribution in [0.3, 0.4) is 0 Å². The lowest BCUT2D eigenvalue weighted by Gasteiger charge is -2.13. The summed E-state index contributed by atoms with van der Waals surface area (Å²) in [4.78, 5) is 4.99. The summed E-state index contributed by atoms with van der Waals surface area (Å²) in [5.41, 5.74) is 8.19. The van der Waals surface area contributed by atoms with E-state index in [4.69, 9.17) is 4.98 Å². The maximum Gasteiger partial charge on any atom is 0.0786 e. The highest BCUT2D eigenvalue weighted by Gasteiger charge is 2.19. The van der Waals surface area contributed by atoms with Crippen molar-refractivity contribution in [2.75, 3.05) is 0 Å². The lowest BCUT2D eigenvalue weighted by molar-refractivity contribution is 1.18. The van der Waals surface area contributed by atoms with Crippen molar-refractivity contribution >= 4 is 76.1 Å². The SMILES string of the molecule is c1ccc(-n2c3ccccc3c3cc4c(cc32)c2cc3c(cc2c2ncccc42)c2ccccc2n3-c2ccccc2)cc1. The lowest BCUT2D eigenvalue weighted by Crippen LogP contribution is -1.94. The molecule has 0 unspecified atom stereocenters. The third-order valence-electron chi connectivity index (χ3n) is 9.30. The van der Waals surface area contributed by atoms with Crippen LogP contribution in [0, 0.1) is 0 Å². The Morgan fingerprint density at radius 1 is 0.318 bits per heavy atom. The van der Waals surface area contributed by atoms with Gasteiger partial charge in [-0.1, -0.05) is 78.9 Å². The van der Waals surface area contributed by atoms with Gasteiger partial charge in [0.1, 0.15) is 0 Å². The highest BCUT2D eigenvalue weighted by atomic mass is 15.0. The van der Waals surface area contributed by atoms with E-state index in [1.54, 1.807) is 0 Å². The molecule has 3 nitrogen and oxygen atoms in total. The molecule has 3 aromatic heterocycles. The van der Waals surface area contributed by atoms with E-state index in [1.165, 1.54) is 70.5 Å². The van der Waals surface area contributed by atoms with Gasteiger partial charge in [0.25, 0.3) is 0 Å². The van der Waals surface area contributed by atoms with Crippen LogP contribution in [0.2, 0.25) is 0 Å². The molecule has 0 aliphatic rings. The Morgan fingerprint density at radius 3 is 1.36 bits per heavy atom. The molecule has 0 fully saturated rings. The first-order valence-electron chi connectivity index (χ1n) is 15.1. The summed E-state index contributed by atoms with van der Waals surface area (Å²) in [6, 6.07) is 52.7. The number of aromatic nitrogens is 3. The number of para-hydroxylation sites is 4. The Kier molecular flexibility index (Phi) is 4.72. The van der Waals surface area contributed by atoms with E-state index in [2.05, 4.69) is 155 Å². The predicted octanol–water partition coefficient (Wildman–Crippen LogP) is 10.7. The maximum atomic E-state index is 4.99. The fraction of sp³-hybridized carbons (Fsp3) is 0. The van der Waals surface area contributed by atoms with E-state index >= 15 is 0 Å². The van der Waals surface area contributed by atoms with Gasteiger partial charge in [-0.25, -0.2) is 0 Å². The molecule has 0 atom stereocenters. The second-order valence-corrected chi connectivity index (χ2v) is 11.6. The van der Waals surface area contributed by atoms with Gasteiger partial charge in [-0.15, -0.1) is 0 Å². The molecule has 3 heteroatoms. The first kappa shape index (κ1) is 23.6. The van der Waals surface area contributed by atoms with Crippen molar-refractivity contribution in [1.29, 1.82) is 0 Å². The zero-order chi connectivity index (χ0) is 28.8. The van der Waals surface area contributed by atoms with Gasteiger partial charge in [0.2, 0.25) is 0 Å². The Balaban J connectivity index is 1.44. The Hall–Kier alpha value is -5.93. The molecule has 10 rings (SSSR count). The van der Waals surface area contributed by atoms with Crippen molar-refractivity contribution in [2.45, 2.75) is 0 Å². The number of nitrogens with zero attached hydrogens (tertiary/aromatic N) is 3. The van der Waals surface area contributed by atoms with E-state index in [0.717, 1.165) is 16.9 Å². The van der Waals surface area contributed by atoms with Crippen LogP contribution in [0.4, 0.5) is 0 Å². The Labute approximate surface area is 252 Å². The minimum absolute atomic E-state index is 1.04. The molecule has 0 N–H and O–H groups in total. The highest BCUT2D eigenvalue weighted by Crippen LogP contribution is 2.43. The van der Waals surface area contributed by atoms with Gasteiger partial charge in [-0.3, -0.25) is 4.98 Å². The topological polar surface area (TPSA) is 22.8 Å². The molecule has 0 bridgehead atoms.